The molecule has 1 aromatic heterocycles. The molecule has 0 bridgehead atoms. The van der Waals surface area contributed by atoms with Crippen molar-refractivity contribution >= 4 is 17.5 Å². The summed E-state index contributed by atoms with van der Waals surface area (Å²) in [6, 6.07) is 8.80. The molecule has 94 valence electrons. The van der Waals surface area contributed by atoms with E-state index in [0.717, 1.165) is 5.56 Å². The molecule has 0 fully saturated rings. The van der Waals surface area contributed by atoms with Crippen molar-refractivity contribution < 1.29 is 9.32 Å². The highest BCUT2D eigenvalue weighted by Crippen LogP contribution is 2.22. The summed E-state index contributed by atoms with van der Waals surface area (Å²) in [6.07, 6.45) is 0. The second kappa shape index (κ2) is 5.23. The number of hydrogen-bond donors (Lipinski definition) is 1. The fourth-order valence-electron chi connectivity index (χ4n) is 1.65. The van der Waals surface area contributed by atoms with Crippen molar-refractivity contribution in [2.24, 2.45) is 0 Å². The van der Waals surface area contributed by atoms with Gasteiger partial charge in [-0.1, -0.05) is 35.0 Å². The molecule has 1 N–H and O–H groups in total. The molecule has 0 saturated heterocycles. The van der Waals surface area contributed by atoms with Gasteiger partial charge in [0.2, 0.25) is 0 Å². The lowest BCUT2D eigenvalue weighted by molar-refractivity contribution is 0.0930. The number of aryl methyl sites for hydroxylation is 1. The number of hydrogen-bond acceptors (Lipinski definition) is 3. The molecule has 1 aromatic carbocycles. The third kappa shape index (κ3) is 2.71. The van der Waals surface area contributed by atoms with E-state index in [4.69, 9.17) is 16.1 Å². The molecule has 0 radical (unpaired) electrons. The number of carbonyl (C=O) groups excluding carboxylic acids is 1. The second-order valence-corrected chi connectivity index (χ2v) is 4.45. The molecule has 18 heavy (non-hydrogen) atoms. The average molecular weight is 265 g/mol. The zero-order chi connectivity index (χ0) is 13.1. The minimum atomic E-state index is -0.278. The third-order valence-corrected chi connectivity index (χ3v) is 2.92. The molecule has 1 heterocycles. The minimum Gasteiger partial charge on any atom is -0.361 e. The largest absolute Gasteiger partial charge is 0.361 e. The zero-order valence-electron chi connectivity index (χ0n) is 10.1. The van der Waals surface area contributed by atoms with Crippen LogP contribution in [-0.2, 0) is 0 Å². The van der Waals surface area contributed by atoms with Crippen molar-refractivity contribution in [1.29, 1.82) is 0 Å². The topological polar surface area (TPSA) is 55.1 Å². The van der Waals surface area contributed by atoms with Crippen molar-refractivity contribution in [2.45, 2.75) is 19.9 Å². The van der Waals surface area contributed by atoms with Crippen molar-refractivity contribution in [3.8, 4) is 0 Å². The highest BCUT2D eigenvalue weighted by atomic mass is 35.5. The molecular weight excluding hydrogens is 252 g/mol. The molecule has 1 amide bonds. The van der Waals surface area contributed by atoms with Crippen LogP contribution >= 0.6 is 11.6 Å². The number of halogens is 1. The summed E-state index contributed by atoms with van der Waals surface area (Å²) in [4.78, 5) is 11.9. The molecule has 0 aliphatic heterocycles. The summed E-state index contributed by atoms with van der Waals surface area (Å²) in [7, 11) is 0. The Hall–Kier alpha value is -1.81. The summed E-state index contributed by atoms with van der Waals surface area (Å²) in [6.45, 7) is 3.60. The molecule has 0 saturated carbocycles. The lowest BCUT2D eigenvalue weighted by Gasteiger charge is -2.14. The molecule has 0 spiro atoms. The number of nitrogens with zero attached hydrogens (tertiary/aromatic N) is 1. The maximum Gasteiger partial charge on any atom is 0.273 e. The first kappa shape index (κ1) is 12.6. The molecule has 0 unspecified atom stereocenters. The van der Waals surface area contributed by atoms with Gasteiger partial charge >= 0.3 is 0 Å². The van der Waals surface area contributed by atoms with Gasteiger partial charge in [0.1, 0.15) is 5.76 Å². The van der Waals surface area contributed by atoms with E-state index in [-0.39, 0.29) is 17.6 Å². The van der Waals surface area contributed by atoms with Gasteiger partial charge in [0.25, 0.3) is 5.91 Å². The Kier molecular flexibility index (Phi) is 3.67. The van der Waals surface area contributed by atoms with E-state index in [1.807, 2.05) is 25.1 Å². The number of nitrogens with one attached hydrogen (secondary N) is 1. The maximum absolute atomic E-state index is 11.9. The molecule has 4 nitrogen and oxygen atoms in total. The Balaban J connectivity index is 2.10. The van der Waals surface area contributed by atoms with Gasteiger partial charge in [0.15, 0.2) is 5.69 Å². The summed E-state index contributed by atoms with van der Waals surface area (Å²) in [5.41, 5.74) is 1.14. The quantitative estimate of drug-likeness (QED) is 0.927. The lowest BCUT2D eigenvalue weighted by Crippen LogP contribution is -2.27. The molecule has 0 aliphatic rings. The molecule has 2 aromatic rings. The van der Waals surface area contributed by atoms with Crippen LogP contribution in [0.3, 0.4) is 0 Å². The first-order valence-corrected chi connectivity index (χ1v) is 5.94. The summed E-state index contributed by atoms with van der Waals surface area (Å²) in [5, 5.41) is 7.11. The average Bonchev–Trinajstić information content (AvgIpc) is 2.76. The normalized spacial score (nSPS) is 12.2. The van der Waals surface area contributed by atoms with E-state index < -0.39 is 0 Å². The summed E-state index contributed by atoms with van der Waals surface area (Å²) >= 11 is 6.07. The van der Waals surface area contributed by atoms with Gasteiger partial charge in [0, 0.05) is 11.1 Å². The van der Waals surface area contributed by atoms with Crippen LogP contribution in [0.2, 0.25) is 5.02 Å². The first-order valence-electron chi connectivity index (χ1n) is 5.56. The van der Waals surface area contributed by atoms with Gasteiger partial charge in [-0.05, 0) is 25.5 Å². The number of aromatic nitrogens is 1. The van der Waals surface area contributed by atoms with Crippen LogP contribution in [0.15, 0.2) is 34.9 Å². The molecule has 5 heteroatoms. The Morgan fingerprint density at radius 2 is 2.17 bits per heavy atom. The van der Waals surface area contributed by atoms with Gasteiger partial charge < -0.3 is 9.84 Å². The van der Waals surface area contributed by atoms with Gasteiger partial charge in [-0.3, -0.25) is 4.79 Å². The standard InChI is InChI=1S/C13H13ClN2O2/c1-8-7-12(16-18-8)13(17)15-9(2)10-5-3-4-6-11(10)14/h3-7,9H,1-2H3,(H,15,17)/t9-/m0/s1. The monoisotopic (exact) mass is 264 g/mol. The fraction of sp³-hybridized carbons (Fsp3) is 0.231. The van der Waals surface area contributed by atoms with Crippen molar-refractivity contribution in [2.75, 3.05) is 0 Å². The van der Waals surface area contributed by atoms with Crippen LogP contribution < -0.4 is 5.32 Å². The molecule has 1 atom stereocenters. The van der Waals surface area contributed by atoms with Crippen LogP contribution in [0, 0.1) is 6.92 Å². The second-order valence-electron chi connectivity index (χ2n) is 4.04. The molecule has 0 aliphatic carbocycles. The fourth-order valence-corrected chi connectivity index (χ4v) is 1.95. The van der Waals surface area contributed by atoms with Crippen LogP contribution in [0.4, 0.5) is 0 Å². The van der Waals surface area contributed by atoms with Crippen LogP contribution in [-0.4, -0.2) is 11.1 Å². The number of carbonyl (C=O) groups is 1. The predicted octanol–water partition coefficient (Wildman–Crippen LogP) is 3.13. The van der Waals surface area contributed by atoms with E-state index in [1.165, 1.54) is 0 Å². The van der Waals surface area contributed by atoms with E-state index in [9.17, 15) is 4.79 Å². The number of benzene rings is 1. The van der Waals surface area contributed by atoms with E-state index in [1.54, 1.807) is 19.1 Å². The van der Waals surface area contributed by atoms with Crippen LogP contribution in [0.5, 0.6) is 0 Å². The van der Waals surface area contributed by atoms with Crippen LogP contribution in [0.1, 0.15) is 34.8 Å². The van der Waals surface area contributed by atoms with Gasteiger partial charge in [-0.15, -0.1) is 0 Å². The Bertz CT molecular complexity index is 566. The number of rotatable bonds is 3. The Labute approximate surface area is 110 Å². The number of amides is 1. The highest BCUT2D eigenvalue weighted by molar-refractivity contribution is 6.31. The van der Waals surface area contributed by atoms with Crippen molar-refractivity contribution in [3.63, 3.8) is 0 Å². The third-order valence-electron chi connectivity index (χ3n) is 2.58. The highest BCUT2D eigenvalue weighted by Gasteiger charge is 2.16. The smallest absolute Gasteiger partial charge is 0.273 e. The SMILES string of the molecule is Cc1cc(C(=O)N[C@@H](C)c2ccccc2Cl)no1. The predicted molar refractivity (Wildman–Crippen MR) is 68.6 cm³/mol. The van der Waals surface area contributed by atoms with Gasteiger partial charge in [-0.2, -0.15) is 0 Å². The minimum absolute atomic E-state index is 0.191. The van der Waals surface area contributed by atoms with Crippen LogP contribution in [0.25, 0.3) is 0 Å². The maximum atomic E-state index is 11.9. The lowest BCUT2D eigenvalue weighted by atomic mass is 10.1. The van der Waals surface area contributed by atoms with Crippen molar-refractivity contribution in [1.82, 2.24) is 10.5 Å². The van der Waals surface area contributed by atoms with E-state index >= 15 is 0 Å². The van der Waals surface area contributed by atoms with Gasteiger partial charge in [0.05, 0.1) is 6.04 Å². The van der Waals surface area contributed by atoms with E-state index in [0.29, 0.717) is 10.8 Å². The Morgan fingerprint density at radius 1 is 1.44 bits per heavy atom. The Morgan fingerprint density at radius 3 is 2.78 bits per heavy atom. The molecule has 2 rings (SSSR count). The zero-order valence-corrected chi connectivity index (χ0v) is 10.9. The molecular formula is C13H13ClN2O2. The summed E-state index contributed by atoms with van der Waals surface area (Å²) < 4.78 is 4.86. The van der Waals surface area contributed by atoms with Gasteiger partial charge in [-0.25, -0.2) is 0 Å². The summed E-state index contributed by atoms with van der Waals surface area (Å²) in [5.74, 6) is 0.324. The van der Waals surface area contributed by atoms with E-state index in [2.05, 4.69) is 10.5 Å². The van der Waals surface area contributed by atoms with Crippen molar-refractivity contribution in [3.05, 3.63) is 52.4 Å². The first-order chi connectivity index (χ1) is 8.58.